The predicted molar refractivity (Wildman–Crippen MR) is 75.3 cm³/mol. The summed E-state index contributed by atoms with van der Waals surface area (Å²) in [6.45, 7) is 3.10. The minimum absolute atomic E-state index is 0.0535. The SMILES string of the molecule is CC(NC(=O)N1CCC(CC(=O)O)C1)c1ccccc1. The number of hydrogen-bond donors (Lipinski definition) is 2. The Morgan fingerprint density at radius 3 is 2.75 bits per heavy atom. The second-order valence-electron chi connectivity index (χ2n) is 5.28. The average molecular weight is 276 g/mol. The van der Waals surface area contributed by atoms with Crippen molar-refractivity contribution in [3.63, 3.8) is 0 Å². The van der Waals surface area contributed by atoms with Crippen LogP contribution in [0.4, 0.5) is 4.79 Å². The quantitative estimate of drug-likeness (QED) is 0.886. The smallest absolute Gasteiger partial charge is 0.317 e. The van der Waals surface area contributed by atoms with E-state index in [0.717, 1.165) is 12.0 Å². The molecule has 1 aliphatic rings. The van der Waals surface area contributed by atoms with Crippen LogP contribution in [0, 0.1) is 5.92 Å². The second-order valence-corrected chi connectivity index (χ2v) is 5.28. The van der Waals surface area contributed by atoms with Crippen LogP contribution in [0.1, 0.15) is 31.4 Å². The number of carbonyl (C=O) groups excluding carboxylic acids is 1. The van der Waals surface area contributed by atoms with Crippen molar-refractivity contribution >= 4 is 12.0 Å². The molecule has 0 aromatic heterocycles. The van der Waals surface area contributed by atoms with Crippen LogP contribution in [-0.4, -0.2) is 35.1 Å². The Hall–Kier alpha value is -2.04. The Morgan fingerprint density at radius 1 is 1.40 bits per heavy atom. The molecule has 0 bridgehead atoms. The Bertz CT molecular complexity index is 475. The first-order valence-corrected chi connectivity index (χ1v) is 6.88. The fourth-order valence-corrected chi connectivity index (χ4v) is 2.53. The first-order chi connectivity index (χ1) is 9.56. The molecule has 1 fully saturated rings. The number of carboxylic acids is 1. The molecular formula is C15H20N2O3. The van der Waals surface area contributed by atoms with Gasteiger partial charge in [0.2, 0.25) is 0 Å². The summed E-state index contributed by atoms with van der Waals surface area (Å²) in [4.78, 5) is 24.5. The molecule has 1 saturated heterocycles. The number of carboxylic acid groups (broad SMARTS) is 1. The van der Waals surface area contributed by atoms with Gasteiger partial charge in [-0.25, -0.2) is 4.79 Å². The third-order valence-electron chi connectivity index (χ3n) is 3.68. The number of aliphatic carboxylic acids is 1. The molecule has 0 saturated carbocycles. The van der Waals surface area contributed by atoms with E-state index in [0.29, 0.717) is 13.1 Å². The minimum Gasteiger partial charge on any atom is -0.481 e. The van der Waals surface area contributed by atoms with Gasteiger partial charge in [0.25, 0.3) is 0 Å². The Balaban J connectivity index is 1.85. The number of amides is 2. The van der Waals surface area contributed by atoms with Gasteiger partial charge in [0.05, 0.1) is 6.04 Å². The molecule has 108 valence electrons. The molecule has 1 aromatic carbocycles. The van der Waals surface area contributed by atoms with E-state index in [1.54, 1.807) is 4.90 Å². The van der Waals surface area contributed by atoms with Crippen molar-refractivity contribution in [3.05, 3.63) is 35.9 Å². The molecule has 20 heavy (non-hydrogen) atoms. The molecular weight excluding hydrogens is 256 g/mol. The van der Waals surface area contributed by atoms with Crippen LogP contribution in [0.5, 0.6) is 0 Å². The first kappa shape index (κ1) is 14.4. The van der Waals surface area contributed by atoms with E-state index in [4.69, 9.17) is 5.11 Å². The van der Waals surface area contributed by atoms with Crippen LogP contribution < -0.4 is 5.32 Å². The lowest BCUT2D eigenvalue weighted by molar-refractivity contribution is -0.138. The third-order valence-corrected chi connectivity index (χ3v) is 3.68. The number of benzene rings is 1. The fraction of sp³-hybridized carbons (Fsp3) is 0.467. The van der Waals surface area contributed by atoms with Gasteiger partial charge in [-0.15, -0.1) is 0 Å². The van der Waals surface area contributed by atoms with E-state index >= 15 is 0 Å². The Morgan fingerprint density at radius 2 is 2.10 bits per heavy atom. The van der Waals surface area contributed by atoms with Gasteiger partial charge in [0.15, 0.2) is 0 Å². The summed E-state index contributed by atoms with van der Waals surface area (Å²) in [6, 6.07) is 9.60. The van der Waals surface area contributed by atoms with Crippen LogP contribution >= 0.6 is 0 Å². The van der Waals surface area contributed by atoms with Crippen molar-refractivity contribution < 1.29 is 14.7 Å². The van der Waals surface area contributed by atoms with Crippen molar-refractivity contribution in [1.29, 1.82) is 0 Å². The summed E-state index contributed by atoms with van der Waals surface area (Å²) in [7, 11) is 0. The highest BCUT2D eigenvalue weighted by Crippen LogP contribution is 2.20. The van der Waals surface area contributed by atoms with Crippen molar-refractivity contribution in [2.24, 2.45) is 5.92 Å². The van der Waals surface area contributed by atoms with E-state index in [-0.39, 0.29) is 24.4 Å². The van der Waals surface area contributed by atoms with Gasteiger partial charge in [0.1, 0.15) is 0 Å². The van der Waals surface area contributed by atoms with E-state index < -0.39 is 5.97 Å². The molecule has 1 aromatic rings. The molecule has 2 amide bonds. The van der Waals surface area contributed by atoms with Crippen molar-refractivity contribution in [2.45, 2.75) is 25.8 Å². The Kier molecular flexibility index (Phi) is 4.61. The largest absolute Gasteiger partial charge is 0.481 e. The molecule has 2 unspecified atom stereocenters. The average Bonchev–Trinajstić information content (AvgIpc) is 2.87. The number of hydrogen-bond acceptors (Lipinski definition) is 2. The number of likely N-dealkylation sites (tertiary alicyclic amines) is 1. The van der Waals surface area contributed by atoms with E-state index in [2.05, 4.69) is 5.32 Å². The third kappa shape index (κ3) is 3.73. The van der Waals surface area contributed by atoms with E-state index in [1.165, 1.54) is 0 Å². The second kappa shape index (κ2) is 6.41. The lowest BCUT2D eigenvalue weighted by Crippen LogP contribution is -2.39. The van der Waals surface area contributed by atoms with Gasteiger partial charge in [-0.2, -0.15) is 0 Å². The Labute approximate surface area is 118 Å². The monoisotopic (exact) mass is 276 g/mol. The molecule has 2 rings (SSSR count). The summed E-state index contributed by atoms with van der Waals surface area (Å²) in [5.74, 6) is -0.722. The highest BCUT2D eigenvalue weighted by Gasteiger charge is 2.28. The number of nitrogens with one attached hydrogen (secondary N) is 1. The van der Waals surface area contributed by atoms with Gasteiger partial charge >= 0.3 is 12.0 Å². The van der Waals surface area contributed by atoms with Gasteiger partial charge in [-0.3, -0.25) is 4.79 Å². The molecule has 5 heteroatoms. The van der Waals surface area contributed by atoms with Gasteiger partial charge < -0.3 is 15.3 Å². The minimum atomic E-state index is -0.796. The molecule has 0 spiro atoms. The summed E-state index contributed by atoms with van der Waals surface area (Å²) in [5, 5.41) is 11.7. The van der Waals surface area contributed by atoms with Crippen LogP contribution in [0.15, 0.2) is 30.3 Å². The van der Waals surface area contributed by atoms with E-state index in [9.17, 15) is 9.59 Å². The zero-order chi connectivity index (χ0) is 14.5. The normalized spacial score (nSPS) is 19.6. The van der Waals surface area contributed by atoms with Crippen LogP contribution in [0.25, 0.3) is 0 Å². The highest BCUT2D eigenvalue weighted by atomic mass is 16.4. The maximum absolute atomic E-state index is 12.1. The lowest BCUT2D eigenvalue weighted by Gasteiger charge is -2.21. The molecule has 0 aliphatic carbocycles. The lowest BCUT2D eigenvalue weighted by atomic mass is 10.1. The summed E-state index contributed by atoms with van der Waals surface area (Å²) in [6.07, 6.45) is 0.900. The topological polar surface area (TPSA) is 69.6 Å². The summed E-state index contributed by atoms with van der Waals surface area (Å²) in [5.41, 5.74) is 1.06. The number of urea groups is 1. The standard InChI is InChI=1S/C15H20N2O3/c1-11(13-5-3-2-4-6-13)16-15(20)17-8-7-12(10-17)9-14(18)19/h2-6,11-12H,7-10H2,1H3,(H,16,20)(H,18,19). The molecule has 5 nitrogen and oxygen atoms in total. The van der Waals surface area contributed by atoms with Crippen LogP contribution in [-0.2, 0) is 4.79 Å². The number of nitrogens with zero attached hydrogens (tertiary/aromatic N) is 1. The number of carbonyl (C=O) groups is 2. The van der Waals surface area contributed by atoms with Gasteiger partial charge in [0, 0.05) is 19.5 Å². The zero-order valence-corrected chi connectivity index (χ0v) is 11.6. The maximum Gasteiger partial charge on any atom is 0.317 e. The molecule has 0 radical (unpaired) electrons. The van der Waals surface area contributed by atoms with Crippen molar-refractivity contribution in [3.8, 4) is 0 Å². The predicted octanol–water partition coefficient (Wildman–Crippen LogP) is 2.25. The molecule has 1 aliphatic heterocycles. The molecule has 2 N–H and O–H groups in total. The molecule has 1 heterocycles. The van der Waals surface area contributed by atoms with Gasteiger partial charge in [-0.1, -0.05) is 30.3 Å². The zero-order valence-electron chi connectivity index (χ0n) is 11.6. The fourth-order valence-electron chi connectivity index (χ4n) is 2.53. The van der Waals surface area contributed by atoms with Gasteiger partial charge in [-0.05, 0) is 24.8 Å². The number of rotatable bonds is 4. The first-order valence-electron chi connectivity index (χ1n) is 6.88. The van der Waals surface area contributed by atoms with Crippen molar-refractivity contribution in [1.82, 2.24) is 10.2 Å². The summed E-state index contributed by atoms with van der Waals surface area (Å²) >= 11 is 0. The molecule has 2 atom stereocenters. The van der Waals surface area contributed by atoms with Crippen LogP contribution in [0.2, 0.25) is 0 Å². The highest BCUT2D eigenvalue weighted by molar-refractivity contribution is 5.75. The van der Waals surface area contributed by atoms with Crippen molar-refractivity contribution in [2.75, 3.05) is 13.1 Å². The maximum atomic E-state index is 12.1. The van der Waals surface area contributed by atoms with Crippen LogP contribution in [0.3, 0.4) is 0 Å². The summed E-state index contributed by atoms with van der Waals surface area (Å²) < 4.78 is 0. The van der Waals surface area contributed by atoms with E-state index in [1.807, 2.05) is 37.3 Å².